The van der Waals surface area contributed by atoms with Crippen molar-refractivity contribution in [3.8, 4) is 0 Å². The number of nitrogens with zero attached hydrogens (tertiary/aromatic N) is 1. The lowest BCUT2D eigenvalue weighted by Gasteiger charge is -2.49. The highest BCUT2D eigenvalue weighted by atomic mass is 79.9. The van der Waals surface area contributed by atoms with Crippen molar-refractivity contribution in [2.24, 2.45) is 0 Å². The van der Waals surface area contributed by atoms with Gasteiger partial charge in [0.05, 0.1) is 17.1 Å². The van der Waals surface area contributed by atoms with Crippen LogP contribution < -0.4 is 4.90 Å². The fourth-order valence-electron chi connectivity index (χ4n) is 4.85. The molecule has 0 aliphatic carbocycles. The largest absolute Gasteiger partial charge is 0.309 e. The van der Waals surface area contributed by atoms with Gasteiger partial charge < -0.3 is 4.90 Å². The van der Waals surface area contributed by atoms with E-state index in [1.54, 1.807) is 0 Å². The van der Waals surface area contributed by atoms with E-state index < -0.39 is 0 Å². The molecule has 2 heterocycles. The highest BCUT2D eigenvalue weighted by molar-refractivity contribution is 9.10. The van der Waals surface area contributed by atoms with Crippen molar-refractivity contribution in [3.63, 3.8) is 0 Å². The zero-order chi connectivity index (χ0) is 18.3. The van der Waals surface area contributed by atoms with Crippen LogP contribution >= 0.6 is 15.9 Å². The molecule has 0 unspecified atom stereocenters. The molecule has 130 valence electrons. The number of halogens is 1. The number of hydrogen-bond donors (Lipinski definition) is 0. The van der Waals surface area contributed by atoms with Crippen molar-refractivity contribution in [2.75, 3.05) is 4.90 Å². The maximum Gasteiger partial charge on any atom is 0.0543 e. The van der Waals surface area contributed by atoms with Gasteiger partial charge >= 0.3 is 0 Å². The van der Waals surface area contributed by atoms with Crippen molar-refractivity contribution in [1.29, 1.82) is 0 Å². The molecule has 0 fully saturated rings. The third-order valence-corrected chi connectivity index (χ3v) is 6.79. The Morgan fingerprint density at radius 3 is 1.96 bits per heavy atom. The van der Waals surface area contributed by atoms with Crippen LogP contribution in [0.3, 0.4) is 0 Å². The Labute approximate surface area is 163 Å². The zero-order valence-corrected chi connectivity index (χ0v) is 17.2. The first kappa shape index (κ1) is 16.1. The summed E-state index contributed by atoms with van der Waals surface area (Å²) >= 11 is 3.68. The summed E-state index contributed by atoms with van der Waals surface area (Å²) in [5.74, 6) is 0. The predicted octanol–water partition coefficient (Wildman–Crippen LogP) is 7.20. The van der Waals surface area contributed by atoms with Crippen LogP contribution in [0.1, 0.15) is 49.9 Å². The lowest BCUT2D eigenvalue weighted by atomic mass is 9.66. The van der Waals surface area contributed by atoms with Crippen molar-refractivity contribution in [1.82, 2.24) is 0 Å². The van der Waals surface area contributed by atoms with Crippen molar-refractivity contribution in [2.45, 2.75) is 38.5 Å². The molecule has 0 saturated carbocycles. The standard InChI is InChI=1S/C24H22BrN/c1-23(2)16-8-5-6-11-20(16)26-21-13-12-15(25)14-19(21)24(3,4)18-10-7-9-17(23)22(18)26/h5-14H,1-4H3. The second kappa shape index (κ2) is 5.01. The Bertz CT molecular complexity index is 1060. The molecule has 5 rings (SSSR count). The smallest absolute Gasteiger partial charge is 0.0543 e. The average molecular weight is 404 g/mol. The summed E-state index contributed by atoms with van der Waals surface area (Å²) in [5.41, 5.74) is 9.49. The molecule has 0 N–H and O–H groups in total. The van der Waals surface area contributed by atoms with Gasteiger partial charge in [-0.1, -0.05) is 80.0 Å². The maximum atomic E-state index is 3.68. The van der Waals surface area contributed by atoms with E-state index in [1.165, 1.54) is 39.3 Å². The number of benzene rings is 3. The first-order valence-electron chi connectivity index (χ1n) is 9.17. The summed E-state index contributed by atoms with van der Waals surface area (Å²) in [6, 6.07) is 22.4. The summed E-state index contributed by atoms with van der Waals surface area (Å²) in [4.78, 5) is 2.48. The van der Waals surface area contributed by atoms with Crippen LogP contribution in [0.4, 0.5) is 17.1 Å². The van der Waals surface area contributed by atoms with Gasteiger partial charge in [-0.3, -0.25) is 0 Å². The fourth-order valence-corrected chi connectivity index (χ4v) is 5.22. The average Bonchev–Trinajstić information content (AvgIpc) is 2.62. The van der Waals surface area contributed by atoms with Crippen LogP contribution in [0.2, 0.25) is 0 Å². The molecule has 26 heavy (non-hydrogen) atoms. The van der Waals surface area contributed by atoms with Gasteiger partial charge in [0, 0.05) is 15.3 Å². The summed E-state index contributed by atoms with van der Waals surface area (Å²) in [6.45, 7) is 9.39. The Balaban J connectivity index is 1.96. The lowest BCUT2D eigenvalue weighted by molar-refractivity contribution is 0.597. The minimum atomic E-state index is -0.0384. The van der Waals surface area contributed by atoms with Gasteiger partial charge in [0.25, 0.3) is 0 Å². The normalized spacial score (nSPS) is 18.0. The molecule has 0 radical (unpaired) electrons. The zero-order valence-electron chi connectivity index (χ0n) is 15.6. The Morgan fingerprint density at radius 1 is 0.654 bits per heavy atom. The third-order valence-electron chi connectivity index (χ3n) is 6.30. The Kier molecular flexibility index (Phi) is 3.11. The van der Waals surface area contributed by atoms with E-state index >= 15 is 0 Å². The van der Waals surface area contributed by atoms with Gasteiger partial charge in [-0.05, 0) is 46.5 Å². The van der Waals surface area contributed by atoms with Crippen LogP contribution in [-0.2, 0) is 10.8 Å². The minimum absolute atomic E-state index is 0.0125. The molecule has 3 aromatic carbocycles. The number of hydrogen-bond acceptors (Lipinski definition) is 1. The van der Waals surface area contributed by atoms with E-state index in [0.29, 0.717) is 0 Å². The summed E-state index contributed by atoms with van der Waals surface area (Å²) in [7, 11) is 0. The molecule has 2 aliphatic rings. The number of para-hydroxylation sites is 2. The van der Waals surface area contributed by atoms with Gasteiger partial charge in [0.1, 0.15) is 0 Å². The SMILES string of the molecule is CC1(C)c2ccccc2N2c3ccc(Br)cc3C(C)(C)c3cccc1c32. The molecule has 0 spiro atoms. The molecule has 3 aromatic rings. The number of fused-ring (bicyclic) bond motifs is 4. The first-order valence-corrected chi connectivity index (χ1v) is 9.96. The second-order valence-electron chi connectivity index (χ2n) is 8.47. The Morgan fingerprint density at radius 2 is 1.23 bits per heavy atom. The van der Waals surface area contributed by atoms with Crippen LogP contribution in [0.5, 0.6) is 0 Å². The summed E-state index contributed by atoms with van der Waals surface area (Å²) in [6.07, 6.45) is 0. The number of anilines is 3. The quantitative estimate of drug-likeness (QED) is 0.383. The van der Waals surface area contributed by atoms with Crippen molar-refractivity contribution < 1.29 is 0 Å². The third kappa shape index (κ3) is 1.86. The molecular weight excluding hydrogens is 382 g/mol. The molecule has 0 bridgehead atoms. The maximum absolute atomic E-state index is 3.68. The van der Waals surface area contributed by atoms with Crippen LogP contribution in [-0.4, -0.2) is 0 Å². The second-order valence-corrected chi connectivity index (χ2v) is 9.38. The molecule has 2 aliphatic heterocycles. The van der Waals surface area contributed by atoms with Crippen LogP contribution in [0, 0.1) is 0 Å². The number of rotatable bonds is 0. The molecule has 0 atom stereocenters. The van der Waals surface area contributed by atoms with Gasteiger partial charge in [0.15, 0.2) is 0 Å². The molecule has 0 aromatic heterocycles. The molecule has 1 nitrogen and oxygen atoms in total. The lowest BCUT2D eigenvalue weighted by Crippen LogP contribution is -2.38. The highest BCUT2D eigenvalue weighted by Gasteiger charge is 2.44. The monoisotopic (exact) mass is 403 g/mol. The van der Waals surface area contributed by atoms with Gasteiger partial charge in [0.2, 0.25) is 0 Å². The molecule has 0 saturated heterocycles. The van der Waals surface area contributed by atoms with Crippen LogP contribution in [0.25, 0.3) is 0 Å². The fraction of sp³-hybridized carbons (Fsp3) is 0.250. The summed E-state index contributed by atoms with van der Waals surface area (Å²) < 4.78 is 1.13. The van der Waals surface area contributed by atoms with Gasteiger partial charge in [-0.15, -0.1) is 0 Å². The van der Waals surface area contributed by atoms with E-state index in [0.717, 1.165) is 4.47 Å². The summed E-state index contributed by atoms with van der Waals surface area (Å²) in [5, 5.41) is 0. The highest BCUT2D eigenvalue weighted by Crippen LogP contribution is 2.59. The van der Waals surface area contributed by atoms with Gasteiger partial charge in [-0.2, -0.15) is 0 Å². The predicted molar refractivity (Wildman–Crippen MR) is 113 cm³/mol. The topological polar surface area (TPSA) is 3.24 Å². The van der Waals surface area contributed by atoms with E-state index in [-0.39, 0.29) is 10.8 Å². The van der Waals surface area contributed by atoms with E-state index in [9.17, 15) is 0 Å². The molecule has 0 amide bonds. The van der Waals surface area contributed by atoms with E-state index in [4.69, 9.17) is 0 Å². The van der Waals surface area contributed by atoms with E-state index in [2.05, 4.69) is 109 Å². The van der Waals surface area contributed by atoms with Crippen molar-refractivity contribution >= 4 is 33.0 Å². The Hall–Kier alpha value is -2.06. The van der Waals surface area contributed by atoms with Crippen LogP contribution in [0.15, 0.2) is 65.1 Å². The van der Waals surface area contributed by atoms with Gasteiger partial charge in [-0.25, -0.2) is 0 Å². The van der Waals surface area contributed by atoms with E-state index in [1.807, 2.05) is 0 Å². The minimum Gasteiger partial charge on any atom is -0.309 e. The molecule has 2 heteroatoms. The first-order chi connectivity index (χ1) is 12.3. The van der Waals surface area contributed by atoms with Crippen molar-refractivity contribution in [3.05, 3.63) is 87.4 Å². The molecular formula is C24H22BrN.